The Balaban J connectivity index is 1.47. The molecular formula is C24H21F3N6O2S. The van der Waals surface area contributed by atoms with Gasteiger partial charge in [-0.3, -0.25) is 4.79 Å². The van der Waals surface area contributed by atoms with Crippen LogP contribution in [-0.4, -0.2) is 43.0 Å². The van der Waals surface area contributed by atoms with Gasteiger partial charge in [-0.1, -0.05) is 17.3 Å². The molecule has 1 aromatic carbocycles. The summed E-state index contributed by atoms with van der Waals surface area (Å²) in [5.74, 6) is -0.466. The van der Waals surface area contributed by atoms with Crippen LogP contribution in [0.3, 0.4) is 0 Å². The van der Waals surface area contributed by atoms with Crippen molar-refractivity contribution in [2.75, 3.05) is 6.54 Å². The molecule has 5 heterocycles. The zero-order valence-electron chi connectivity index (χ0n) is 19.4. The van der Waals surface area contributed by atoms with Gasteiger partial charge in [-0.25, -0.2) is 14.7 Å². The van der Waals surface area contributed by atoms with Crippen LogP contribution in [0.15, 0.2) is 45.9 Å². The van der Waals surface area contributed by atoms with Gasteiger partial charge in [0.1, 0.15) is 17.0 Å². The molecule has 8 nitrogen and oxygen atoms in total. The molecule has 1 unspecified atom stereocenters. The number of benzene rings is 1. The molecule has 2 aliphatic rings. The Bertz CT molecular complexity index is 1470. The van der Waals surface area contributed by atoms with E-state index in [1.807, 2.05) is 37.3 Å². The molecule has 186 valence electrons. The maximum Gasteiger partial charge on any atom is 0.435 e. The lowest BCUT2D eigenvalue weighted by molar-refractivity contribution is -0.141. The molecule has 4 aromatic rings. The minimum absolute atomic E-state index is 0.0527. The highest BCUT2D eigenvalue weighted by Crippen LogP contribution is 2.44. The van der Waals surface area contributed by atoms with E-state index < -0.39 is 23.8 Å². The van der Waals surface area contributed by atoms with Crippen molar-refractivity contribution in [3.63, 3.8) is 0 Å². The fourth-order valence-corrected chi connectivity index (χ4v) is 6.14. The van der Waals surface area contributed by atoms with Crippen LogP contribution in [0.5, 0.6) is 0 Å². The third kappa shape index (κ3) is 3.71. The fourth-order valence-electron chi connectivity index (χ4n) is 5.05. The van der Waals surface area contributed by atoms with Gasteiger partial charge in [0.05, 0.1) is 22.0 Å². The van der Waals surface area contributed by atoms with Crippen molar-refractivity contribution >= 4 is 39.0 Å². The van der Waals surface area contributed by atoms with E-state index in [2.05, 4.69) is 15.2 Å². The summed E-state index contributed by atoms with van der Waals surface area (Å²) in [4.78, 5) is 24.9. The third-order valence-electron chi connectivity index (χ3n) is 6.67. The first-order valence-electron chi connectivity index (χ1n) is 11.5. The molecule has 0 saturated carbocycles. The molecule has 3 atom stereocenters. The third-order valence-corrected chi connectivity index (χ3v) is 7.77. The second-order valence-electron chi connectivity index (χ2n) is 9.09. The Labute approximate surface area is 207 Å². The van der Waals surface area contributed by atoms with Gasteiger partial charge >= 0.3 is 6.18 Å². The van der Waals surface area contributed by atoms with Crippen molar-refractivity contribution in [2.45, 2.75) is 44.9 Å². The normalized spacial score (nSPS) is 22.2. The SMILES string of the molecule is CC1=Nc2cc(C(F)(F)F)nn2[C@H](c2nc3ccccc3s2)C1C(=O)N1CCC[C@H]1c1cc(C)no1. The topological polar surface area (TPSA) is 89.4 Å². The lowest BCUT2D eigenvalue weighted by Crippen LogP contribution is -2.44. The summed E-state index contributed by atoms with van der Waals surface area (Å²) in [6.07, 6.45) is -3.16. The number of thiazole rings is 1. The quantitative estimate of drug-likeness (QED) is 0.361. The number of hydrogen-bond donors (Lipinski definition) is 0. The van der Waals surface area contributed by atoms with Crippen LogP contribution >= 0.6 is 11.3 Å². The van der Waals surface area contributed by atoms with Gasteiger partial charge in [0, 0.05) is 24.4 Å². The number of hydrogen-bond acceptors (Lipinski definition) is 7. The standard InChI is InChI=1S/C24H21F3N6O2S/c1-12-10-16(35-31-12)15-7-5-9-32(15)23(34)20-13(2)28-19-11-18(24(25,26)27)30-33(19)21(20)22-29-14-6-3-4-8-17(14)36-22/h3-4,6,8,10-11,15,20-21H,5,7,9H2,1-2H3/t15-,20?,21-/m0/s1. The second-order valence-corrected chi connectivity index (χ2v) is 10.1. The molecule has 0 spiro atoms. The molecule has 0 bridgehead atoms. The number of carbonyl (C=O) groups is 1. The number of nitrogens with zero attached hydrogens (tertiary/aromatic N) is 6. The Morgan fingerprint density at radius 1 is 1.19 bits per heavy atom. The van der Waals surface area contributed by atoms with Gasteiger partial charge in [-0.2, -0.15) is 18.3 Å². The number of carbonyl (C=O) groups excluding carboxylic acids is 1. The van der Waals surface area contributed by atoms with Crippen molar-refractivity contribution in [3.8, 4) is 0 Å². The molecule has 3 aromatic heterocycles. The van der Waals surface area contributed by atoms with E-state index in [0.29, 0.717) is 40.7 Å². The summed E-state index contributed by atoms with van der Waals surface area (Å²) in [7, 11) is 0. The number of aliphatic imine (C=N–C) groups is 1. The predicted molar refractivity (Wildman–Crippen MR) is 126 cm³/mol. The Morgan fingerprint density at radius 3 is 2.72 bits per heavy atom. The largest absolute Gasteiger partial charge is 0.435 e. The minimum Gasteiger partial charge on any atom is -0.359 e. The van der Waals surface area contributed by atoms with E-state index in [-0.39, 0.29) is 17.8 Å². The summed E-state index contributed by atoms with van der Waals surface area (Å²) in [6, 6.07) is 9.01. The number of halogens is 3. The van der Waals surface area contributed by atoms with Gasteiger partial charge < -0.3 is 9.42 Å². The van der Waals surface area contributed by atoms with E-state index in [1.54, 1.807) is 11.8 Å². The first-order chi connectivity index (χ1) is 17.2. The van der Waals surface area contributed by atoms with Crippen LogP contribution in [0.2, 0.25) is 0 Å². The monoisotopic (exact) mass is 514 g/mol. The van der Waals surface area contributed by atoms with E-state index in [9.17, 15) is 18.0 Å². The molecule has 2 aliphatic heterocycles. The summed E-state index contributed by atoms with van der Waals surface area (Å²) < 4.78 is 48.3. The van der Waals surface area contributed by atoms with Crippen LogP contribution in [0.25, 0.3) is 10.2 Å². The molecule has 1 saturated heterocycles. The van der Waals surface area contributed by atoms with Crippen LogP contribution in [0, 0.1) is 12.8 Å². The molecule has 1 amide bonds. The summed E-state index contributed by atoms with van der Waals surface area (Å²) in [6.45, 7) is 3.99. The Kier molecular flexibility index (Phi) is 5.25. The number of aryl methyl sites for hydroxylation is 1. The van der Waals surface area contributed by atoms with Gasteiger partial charge in [-0.15, -0.1) is 11.3 Å². The van der Waals surface area contributed by atoms with E-state index in [1.165, 1.54) is 16.0 Å². The number of rotatable bonds is 3. The Hall–Kier alpha value is -3.54. The fraction of sp³-hybridized carbons (Fsp3) is 0.375. The number of para-hydroxylation sites is 1. The smallest absolute Gasteiger partial charge is 0.359 e. The van der Waals surface area contributed by atoms with E-state index in [0.717, 1.165) is 17.2 Å². The van der Waals surface area contributed by atoms with E-state index >= 15 is 0 Å². The second kappa shape index (κ2) is 8.26. The van der Waals surface area contributed by atoms with Crippen LogP contribution in [-0.2, 0) is 11.0 Å². The first kappa shape index (κ1) is 22.9. The number of alkyl halides is 3. The number of likely N-dealkylation sites (tertiary alicyclic amines) is 1. The Morgan fingerprint density at radius 2 is 2.00 bits per heavy atom. The summed E-state index contributed by atoms with van der Waals surface area (Å²) in [5, 5.41) is 8.34. The molecule has 0 N–H and O–H groups in total. The maximum atomic E-state index is 14.1. The van der Waals surface area contributed by atoms with Crippen LogP contribution in [0.4, 0.5) is 19.0 Å². The van der Waals surface area contributed by atoms with Crippen molar-refractivity contribution < 1.29 is 22.5 Å². The minimum atomic E-state index is -4.64. The zero-order chi connectivity index (χ0) is 25.2. The van der Waals surface area contributed by atoms with Crippen LogP contribution in [0.1, 0.15) is 54.0 Å². The average Bonchev–Trinajstić information content (AvgIpc) is 3.61. The van der Waals surface area contributed by atoms with Crippen molar-refractivity contribution in [1.29, 1.82) is 0 Å². The number of amides is 1. The van der Waals surface area contributed by atoms with Crippen molar-refractivity contribution in [3.05, 3.63) is 58.6 Å². The average molecular weight is 515 g/mol. The molecular weight excluding hydrogens is 493 g/mol. The first-order valence-corrected chi connectivity index (χ1v) is 12.3. The molecule has 1 fully saturated rings. The highest BCUT2D eigenvalue weighted by Gasteiger charge is 2.46. The molecule has 12 heteroatoms. The highest BCUT2D eigenvalue weighted by atomic mass is 32.1. The molecule has 0 aliphatic carbocycles. The van der Waals surface area contributed by atoms with Gasteiger partial charge in [0.15, 0.2) is 17.3 Å². The van der Waals surface area contributed by atoms with Gasteiger partial charge in [0.2, 0.25) is 5.91 Å². The number of fused-ring (bicyclic) bond motifs is 2. The van der Waals surface area contributed by atoms with Crippen LogP contribution < -0.4 is 0 Å². The maximum absolute atomic E-state index is 14.1. The van der Waals surface area contributed by atoms with Crippen molar-refractivity contribution in [2.24, 2.45) is 10.9 Å². The van der Waals surface area contributed by atoms with Gasteiger partial charge in [-0.05, 0) is 38.8 Å². The molecule has 36 heavy (non-hydrogen) atoms. The van der Waals surface area contributed by atoms with Gasteiger partial charge in [0.25, 0.3) is 0 Å². The highest BCUT2D eigenvalue weighted by molar-refractivity contribution is 7.18. The summed E-state index contributed by atoms with van der Waals surface area (Å²) in [5.41, 5.74) is 0.798. The van der Waals surface area contributed by atoms with E-state index in [4.69, 9.17) is 9.51 Å². The summed E-state index contributed by atoms with van der Waals surface area (Å²) >= 11 is 1.34. The van der Waals surface area contributed by atoms with Crippen molar-refractivity contribution in [1.82, 2.24) is 24.8 Å². The number of aromatic nitrogens is 4. The lowest BCUT2D eigenvalue weighted by atomic mass is 9.91. The predicted octanol–water partition coefficient (Wildman–Crippen LogP) is 5.48. The zero-order valence-corrected chi connectivity index (χ0v) is 20.2. The molecule has 6 rings (SSSR count). The lowest BCUT2D eigenvalue weighted by Gasteiger charge is -2.34. The molecule has 0 radical (unpaired) electrons.